The molecule has 0 saturated carbocycles. The third kappa shape index (κ3) is 2.19. The number of pyridine rings is 1. The Morgan fingerprint density at radius 2 is 1.35 bits per heavy atom. The molecule has 0 radical (unpaired) electrons. The van der Waals surface area contributed by atoms with Crippen LogP contribution in [0.25, 0.3) is 59.9 Å². The predicted molar refractivity (Wildman–Crippen MR) is 132 cm³/mol. The predicted octanol–water partition coefficient (Wildman–Crippen LogP) is 7.66. The molecular formula is C29H20N2. The lowest BCUT2D eigenvalue weighted by Crippen LogP contribution is -1.94. The average Bonchev–Trinajstić information content (AvgIpc) is 3.23. The molecule has 7 rings (SSSR count). The first-order valence-electron chi connectivity index (χ1n) is 10.9. The van der Waals surface area contributed by atoms with Crippen molar-refractivity contribution in [2.24, 2.45) is 0 Å². The van der Waals surface area contributed by atoms with Gasteiger partial charge < -0.3 is 0 Å². The average molecular weight is 396 g/mol. The fraction of sp³-hybridized carbons (Fsp3) is 0.0690. The molecule has 0 unspecified atom stereocenters. The molecule has 0 aliphatic rings. The normalized spacial score (nSPS) is 12.2. The molecule has 2 heteroatoms. The van der Waals surface area contributed by atoms with Gasteiger partial charge in [-0.1, -0.05) is 85.8 Å². The highest BCUT2D eigenvalue weighted by molar-refractivity contribution is 6.24. The topological polar surface area (TPSA) is 17.3 Å². The SMILES string of the molecule is CCc1ccc2c3ccc4ccccc4c3c3nc4c5ccccc5ccc4n3c2c1. The van der Waals surface area contributed by atoms with Gasteiger partial charge in [0, 0.05) is 16.2 Å². The van der Waals surface area contributed by atoms with Gasteiger partial charge in [0.25, 0.3) is 0 Å². The number of fused-ring (bicyclic) bond motifs is 12. The Morgan fingerprint density at radius 3 is 2.19 bits per heavy atom. The van der Waals surface area contributed by atoms with Crippen LogP contribution in [-0.2, 0) is 6.42 Å². The molecule has 146 valence electrons. The summed E-state index contributed by atoms with van der Waals surface area (Å²) in [5, 5.41) is 8.71. The second kappa shape index (κ2) is 6.05. The van der Waals surface area contributed by atoms with E-state index in [1.54, 1.807) is 0 Å². The monoisotopic (exact) mass is 396 g/mol. The molecule has 0 aliphatic carbocycles. The third-order valence-electron chi connectivity index (χ3n) is 6.70. The van der Waals surface area contributed by atoms with Gasteiger partial charge in [-0.15, -0.1) is 0 Å². The summed E-state index contributed by atoms with van der Waals surface area (Å²) in [4.78, 5) is 5.29. The number of benzene rings is 5. The van der Waals surface area contributed by atoms with Crippen molar-refractivity contribution in [2.45, 2.75) is 13.3 Å². The summed E-state index contributed by atoms with van der Waals surface area (Å²) in [5.41, 5.74) is 5.86. The smallest absolute Gasteiger partial charge is 0.147 e. The van der Waals surface area contributed by atoms with Crippen molar-refractivity contribution >= 4 is 59.9 Å². The third-order valence-corrected chi connectivity index (χ3v) is 6.70. The fourth-order valence-electron chi connectivity index (χ4n) is 5.17. The maximum atomic E-state index is 5.29. The maximum absolute atomic E-state index is 5.29. The maximum Gasteiger partial charge on any atom is 0.147 e. The standard InChI is InChI=1S/C29H20N2/c1-2-18-11-14-23-24-15-12-19-7-3-5-9-21(19)27(24)29-30-28-22-10-6-4-8-20(22)13-16-25(28)31(29)26(23)17-18/h3-17H,2H2,1H3. The molecule has 0 spiro atoms. The van der Waals surface area contributed by atoms with Gasteiger partial charge >= 0.3 is 0 Å². The molecular weight excluding hydrogens is 376 g/mol. The van der Waals surface area contributed by atoms with E-state index in [2.05, 4.69) is 102 Å². The summed E-state index contributed by atoms with van der Waals surface area (Å²) in [5.74, 6) is 0. The van der Waals surface area contributed by atoms with Crippen LogP contribution >= 0.6 is 0 Å². The fourth-order valence-corrected chi connectivity index (χ4v) is 5.17. The molecule has 0 N–H and O–H groups in total. The highest BCUT2D eigenvalue weighted by Gasteiger charge is 2.17. The van der Waals surface area contributed by atoms with Crippen LogP contribution in [0.4, 0.5) is 0 Å². The van der Waals surface area contributed by atoms with Crippen LogP contribution in [0.2, 0.25) is 0 Å². The molecule has 2 nitrogen and oxygen atoms in total. The number of hydrogen-bond donors (Lipinski definition) is 0. The zero-order valence-corrected chi connectivity index (χ0v) is 17.3. The highest BCUT2D eigenvalue weighted by Crippen LogP contribution is 2.38. The first-order chi connectivity index (χ1) is 15.3. The largest absolute Gasteiger partial charge is 0.292 e. The highest BCUT2D eigenvalue weighted by atomic mass is 15.0. The van der Waals surface area contributed by atoms with Gasteiger partial charge in [0.2, 0.25) is 0 Å². The number of rotatable bonds is 1. The molecule has 2 heterocycles. The molecule has 0 aliphatic heterocycles. The van der Waals surface area contributed by atoms with E-state index in [0.29, 0.717) is 0 Å². The summed E-state index contributed by atoms with van der Waals surface area (Å²) >= 11 is 0. The molecule has 0 atom stereocenters. The lowest BCUT2D eigenvalue weighted by Gasteiger charge is -2.12. The Balaban J connectivity index is 1.86. The molecule has 31 heavy (non-hydrogen) atoms. The van der Waals surface area contributed by atoms with Crippen LogP contribution in [0.15, 0.2) is 91.0 Å². The van der Waals surface area contributed by atoms with Gasteiger partial charge in [-0.25, -0.2) is 4.98 Å². The van der Waals surface area contributed by atoms with Crippen molar-refractivity contribution < 1.29 is 0 Å². The Labute approximate surface area is 179 Å². The first-order valence-corrected chi connectivity index (χ1v) is 10.9. The summed E-state index contributed by atoms with van der Waals surface area (Å²) < 4.78 is 2.38. The Kier molecular flexibility index (Phi) is 3.29. The van der Waals surface area contributed by atoms with Crippen molar-refractivity contribution in [3.8, 4) is 0 Å². The van der Waals surface area contributed by atoms with E-state index in [-0.39, 0.29) is 0 Å². The van der Waals surface area contributed by atoms with Crippen LogP contribution in [0, 0.1) is 0 Å². The van der Waals surface area contributed by atoms with E-state index in [9.17, 15) is 0 Å². The van der Waals surface area contributed by atoms with E-state index in [4.69, 9.17) is 4.98 Å². The Bertz CT molecular complexity index is 1820. The van der Waals surface area contributed by atoms with Crippen molar-refractivity contribution in [3.05, 3.63) is 96.6 Å². The summed E-state index contributed by atoms with van der Waals surface area (Å²) in [6.07, 6.45) is 1.02. The van der Waals surface area contributed by atoms with Crippen LogP contribution in [0.5, 0.6) is 0 Å². The van der Waals surface area contributed by atoms with E-state index >= 15 is 0 Å². The van der Waals surface area contributed by atoms with Crippen LogP contribution in [-0.4, -0.2) is 9.38 Å². The van der Waals surface area contributed by atoms with Crippen molar-refractivity contribution in [1.29, 1.82) is 0 Å². The number of aromatic nitrogens is 2. The van der Waals surface area contributed by atoms with Crippen molar-refractivity contribution in [3.63, 3.8) is 0 Å². The van der Waals surface area contributed by atoms with Crippen LogP contribution in [0.3, 0.4) is 0 Å². The molecule has 2 aromatic heterocycles. The lowest BCUT2D eigenvalue weighted by atomic mass is 9.98. The van der Waals surface area contributed by atoms with E-state index in [1.807, 2.05) is 0 Å². The number of aryl methyl sites for hydroxylation is 1. The lowest BCUT2D eigenvalue weighted by molar-refractivity contribution is 1.14. The minimum atomic E-state index is 1.02. The van der Waals surface area contributed by atoms with Crippen LogP contribution < -0.4 is 0 Å². The van der Waals surface area contributed by atoms with Crippen LogP contribution in [0.1, 0.15) is 12.5 Å². The van der Waals surface area contributed by atoms with E-state index in [1.165, 1.54) is 54.3 Å². The zero-order valence-electron chi connectivity index (χ0n) is 17.3. The molecule has 0 fully saturated rings. The second-order valence-electron chi connectivity index (χ2n) is 8.34. The van der Waals surface area contributed by atoms with Gasteiger partial charge in [0.15, 0.2) is 0 Å². The first kappa shape index (κ1) is 16.8. The number of imidazole rings is 1. The summed E-state index contributed by atoms with van der Waals surface area (Å²) in [6.45, 7) is 2.21. The van der Waals surface area contributed by atoms with Gasteiger partial charge in [0.1, 0.15) is 5.65 Å². The van der Waals surface area contributed by atoms with Crippen molar-refractivity contribution in [1.82, 2.24) is 9.38 Å². The molecule has 0 bridgehead atoms. The minimum absolute atomic E-state index is 1.02. The van der Waals surface area contributed by atoms with E-state index < -0.39 is 0 Å². The second-order valence-corrected chi connectivity index (χ2v) is 8.34. The molecule has 0 saturated heterocycles. The molecule has 0 amide bonds. The van der Waals surface area contributed by atoms with Gasteiger partial charge in [-0.3, -0.25) is 4.40 Å². The Morgan fingerprint density at radius 1 is 0.645 bits per heavy atom. The zero-order chi connectivity index (χ0) is 20.5. The van der Waals surface area contributed by atoms with Gasteiger partial charge in [-0.05, 0) is 45.7 Å². The molecule has 5 aromatic carbocycles. The van der Waals surface area contributed by atoms with E-state index in [0.717, 1.165) is 17.6 Å². The summed E-state index contributed by atoms with van der Waals surface area (Å²) in [6, 6.07) is 33.0. The number of nitrogens with zero attached hydrogens (tertiary/aromatic N) is 2. The Hall–Kier alpha value is -3.91. The number of hydrogen-bond acceptors (Lipinski definition) is 1. The van der Waals surface area contributed by atoms with Gasteiger partial charge in [-0.2, -0.15) is 0 Å². The molecule has 7 aromatic rings. The summed E-state index contributed by atoms with van der Waals surface area (Å²) in [7, 11) is 0. The van der Waals surface area contributed by atoms with Crippen molar-refractivity contribution in [2.75, 3.05) is 0 Å². The quantitative estimate of drug-likeness (QED) is 0.260. The minimum Gasteiger partial charge on any atom is -0.292 e. The van der Waals surface area contributed by atoms with Gasteiger partial charge in [0.05, 0.1) is 16.6 Å².